The molecule has 0 aromatic heterocycles. The van der Waals surface area contributed by atoms with Crippen LogP contribution in [0.1, 0.15) is 62.5 Å². The zero-order chi connectivity index (χ0) is 19.8. The molecule has 0 bridgehead atoms. The van der Waals surface area contributed by atoms with Gasteiger partial charge in [0.15, 0.2) is 0 Å². The molecule has 28 heavy (non-hydrogen) atoms. The number of carbonyl (C=O) groups excluding carboxylic acids is 1. The minimum atomic E-state index is 0.163. The molecule has 3 rings (SSSR count). The van der Waals surface area contributed by atoms with Crippen molar-refractivity contribution in [1.29, 1.82) is 0 Å². The number of amides is 1. The summed E-state index contributed by atoms with van der Waals surface area (Å²) in [5, 5.41) is 3.35. The number of carbonyl (C=O) groups is 1. The van der Waals surface area contributed by atoms with Crippen LogP contribution in [0.5, 0.6) is 0 Å². The van der Waals surface area contributed by atoms with Gasteiger partial charge in [0, 0.05) is 17.9 Å². The summed E-state index contributed by atoms with van der Waals surface area (Å²) < 4.78 is 0. The van der Waals surface area contributed by atoms with Crippen molar-refractivity contribution < 1.29 is 4.79 Å². The number of hydrogen-bond donors (Lipinski definition) is 1. The van der Waals surface area contributed by atoms with Gasteiger partial charge in [-0.3, -0.25) is 9.69 Å². The Morgan fingerprint density at radius 2 is 1.29 bits per heavy atom. The van der Waals surface area contributed by atoms with Crippen molar-refractivity contribution in [3.63, 3.8) is 0 Å². The molecule has 0 heterocycles. The van der Waals surface area contributed by atoms with Gasteiger partial charge in [0.05, 0.1) is 6.54 Å². The molecule has 2 aromatic rings. The third-order valence-electron chi connectivity index (χ3n) is 5.74. The van der Waals surface area contributed by atoms with Crippen LogP contribution in [0, 0.1) is 0 Å². The van der Waals surface area contributed by atoms with E-state index >= 15 is 0 Å². The van der Waals surface area contributed by atoms with Gasteiger partial charge >= 0.3 is 0 Å². The molecule has 150 valence electrons. The Balaban J connectivity index is 1.65. The lowest BCUT2D eigenvalue weighted by Gasteiger charge is -2.21. The Morgan fingerprint density at radius 3 is 1.71 bits per heavy atom. The number of nitrogens with zero attached hydrogens (tertiary/aromatic N) is 1. The van der Waals surface area contributed by atoms with E-state index in [0.29, 0.717) is 18.4 Å². The first kappa shape index (κ1) is 20.6. The Morgan fingerprint density at radius 1 is 0.821 bits per heavy atom. The van der Waals surface area contributed by atoms with Crippen LogP contribution in [0.25, 0.3) is 0 Å². The minimum absolute atomic E-state index is 0.163. The maximum absolute atomic E-state index is 12.8. The van der Waals surface area contributed by atoms with Gasteiger partial charge < -0.3 is 5.32 Å². The Labute approximate surface area is 170 Å². The van der Waals surface area contributed by atoms with Gasteiger partial charge in [0.2, 0.25) is 5.91 Å². The molecule has 2 aromatic carbocycles. The molecule has 3 atom stereocenters. The summed E-state index contributed by atoms with van der Waals surface area (Å²) >= 11 is 0. The van der Waals surface area contributed by atoms with Gasteiger partial charge in [0.1, 0.15) is 0 Å². The number of benzene rings is 2. The number of unbranched alkanes of at least 4 members (excludes halogenated alkanes) is 2. The second kappa shape index (κ2) is 10.4. The van der Waals surface area contributed by atoms with Crippen LogP contribution in [-0.2, 0) is 4.79 Å². The van der Waals surface area contributed by atoms with E-state index < -0.39 is 0 Å². The SMILES string of the molecule is CCCCN(CCCC)CC(=O)NC1[C@@H](c2ccccc2)[C@H]1c1ccccc1. The highest BCUT2D eigenvalue weighted by Gasteiger charge is 2.52. The molecule has 1 amide bonds. The van der Waals surface area contributed by atoms with Crippen molar-refractivity contribution in [2.75, 3.05) is 19.6 Å². The molecule has 0 saturated heterocycles. The van der Waals surface area contributed by atoms with Gasteiger partial charge in [0.25, 0.3) is 0 Å². The summed E-state index contributed by atoms with van der Waals surface area (Å²) in [5.41, 5.74) is 2.63. The Kier molecular flexibility index (Phi) is 7.67. The van der Waals surface area contributed by atoms with E-state index in [2.05, 4.69) is 84.7 Å². The molecule has 1 fully saturated rings. The van der Waals surface area contributed by atoms with Crippen LogP contribution in [-0.4, -0.2) is 36.5 Å². The van der Waals surface area contributed by atoms with E-state index in [9.17, 15) is 4.79 Å². The topological polar surface area (TPSA) is 32.3 Å². The van der Waals surface area contributed by atoms with Gasteiger partial charge in [-0.15, -0.1) is 0 Å². The predicted molar refractivity (Wildman–Crippen MR) is 117 cm³/mol. The van der Waals surface area contributed by atoms with Gasteiger partial charge in [-0.1, -0.05) is 87.4 Å². The lowest BCUT2D eigenvalue weighted by Crippen LogP contribution is -2.39. The van der Waals surface area contributed by atoms with Crippen molar-refractivity contribution in [1.82, 2.24) is 10.2 Å². The minimum Gasteiger partial charge on any atom is -0.351 e. The molecule has 1 aliphatic carbocycles. The second-order valence-electron chi connectivity index (χ2n) is 7.95. The Hall–Kier alpha value is -2.13. The highest BCUT2D eigenvalue weighted by molar-refractivity contribution is 5.79. The molecule has 0 radical (unpaired) electrons. The summed E-state index contributed by atoms with van der Waals surface area (Å²) in [5.74, 6) is 0.899. The first-order valence-electron chi connectivity index (χ1n) is 10.9. The highest BCUT2D eigenvalue weighted by atomic mass is 16.2. The van der Waals surface area contributed by atoms with Crippen molar-refractivity contribution in [2.24, 2.45) is 0 Å². The standard InChI is InChI=1S/C25H34N2O/c1-3-5-17-27(18-6-4-2)19-22(28)26-25-23(20-13-9-7-10-14-20)24(25)21-15-11-8-12-16-21/h7-16,23-25H,3-6,17-19H2,1-2H3,(H,26,28)/t23-,24+,25?. The van der Waals surface area contributed by atoms with Crippen LogP contribution in [0.15, 0.2) is 60.7 Å². The fraction of sp³-hybridized carbons (Fsp3) is 0.480. The predicted octanol–water partition coefficient (Wildman–Crippen LogP) is 4.95. The van der Waals surface area contributed by atoms with Crippen LogP contribution in [0.3, 0.4) is 0 Å². The lowest BCUT2D eigenvalue weighted by molar-refractivity contribution is -0.122. The third-order valence-corrected chi connectivity index (χ3v) is 5.74. The monoisotopic (exact) mass is 378 g/mol. The fourth-order valence-corrected chi connectivity index (χ4v) is 4.14. The zero-order valence-corrected chi connectivity index (χ0v) is 17.3. The second-order valence-corrected chi connectivity index (χ2v) is 7.95. The molecule has 1 unspecified atom stereocenters. The largest absolute Gasteiger partial charge is 0.351 e. The molecule has 1 saturated carbocycles. The number of rotatable bonds is 11. The zero-order valence-electron chi connectivity index (χ0n) is 17.3. The maximum Gasteiger partial charge on any atom is 0.234 e. The van der Waals surface area contributed by atoms with Crippen LogP contribution in [0.4, 0.5) is 0 Å². The highest BCUT2D eigenvalue weighted by Crippen LogP contribution is 2.54. The molecule has 3 heteroatoms. The van der Waals surface area contributed by atoms with Crippen LogP contribution < -0.4 is 5.32 Å². The summed E-state index contributed by atoms with van der Waals surface area (Å²) in [7, 11) is 0. The number of hydrogen-bond acceptors (Lipinski definition) is 2. The van der Waals surface area contributed by atoms with Gasteiger partial charge in [-0.25, -0.2) is 0 Å². The molecule has 1 N–H and O–H groups in total. The average molecular weight is 379 g/mol. The van der Waals surface area contributed by atoms with Gasteiger partial charge in [-0.2, -0.15) is 0 Å². The normalized spacial score (nSPS) is 20.9. The third kappa shape index (κ3) is 5.45. The molecule has 1 aliphatic rings. The van der Waals surface area contributed by atoms with E-state index in [0.717, 1.165) is 25.9 Å². The molecule has 0 aliphatic heterocycles. The average Bonchev–Trinajstić information content (AvgIpc) is 3.44. The lowest BCUT2D eigenvalue weighted by atomic mass is 10.0. The summed E-state index contributed by atoms with van der Waals surface area (Å²) in [6, 6.07) is 21.4. The quantitative estimate of drug-likeness (QED) is 0.600. The van der Waals surface area contributed by atoms with Crippen molar-refractivity contribution in [2.45, 2.75) is 57.4 Å². The molecular weight excluding hydrogens is 344 g/mol. The molecular formula is C25H34N2O. The van der Waals surface area contributed by atoms with Crippen LogP contribution in [0.2, 0.25) is 0 Å². The van der Waals surface area contributed by atoms with E-state index in [1.807, 2.05) is 0 Å². The van der Waals surface area contributed by atoms with E-state index in [4.69, 9.17) is 0 Å². The van der Waals surface area contributed by atoms with Crippen LogP contribution >= 0.6 is 0 Å². The first-order valence-corrected chi connectivity index (χ1v) is 10.9. The van der Waals surface area contributed by atoms with E-state index in [1.165, 1.54) is 24.0 Å². The summed E-state index contributed by atoms with van der Waals surface area (Å²) in [4.78, 5) is 15.2. The fourth-order valence-electron chi connectivity index (χ4n) is 4.14. The summed E-state index contributed by atoms with van der Waals surface area (Å²) in [6.45, 7) is 6.95. The first-order chi connectivity index (χ1) is 13.7. The van der Waals surface area contributed by atoms with E-state index in [1.54, 1.807) is 0 Å². The maximum atomic E-state index is 12.8. The van der Waals surface area contributed by atoms with Crippen molar-refractivity contribution in [3.05, 3.63) is 71.8 Å². The van der Waals surface area contributed by atoms with Gasteiger partial charge in [-0.05, 0) is 37.1 Å². The van der Waals surface area contributed by atoms with E-state index in [-0.39, 0.29) is 11.9 Å². The molecule has 0 spiro atoms. The smallest absolute Gasteiger partial charge is 0.234 e. The summed E-state index contributed by atoms with van der Waals surface area (Å²) in [6.07, 6.45) is 4.64. The Bertz CT molecular complexity index is 662. The van der Waals surface area contributed by atoms with Crippen molar-refractivity contribution in [3.8, 4) is 0 Å². The molecule has 3 nitrogen and oxygen atoms in total. The number of nitrogens with one attached hydrogen (secondary N) is 1. The van der Waals surface area contributed by atoms with Crippen molar-refractivity contribution >= 4 is 5.91 Å².